The Hall–Kier alpha value is -1.56. The van der Waals surface area contributed by atoms with E-state index in [0.29, 0.717) is 5.75 Å². The predicted octanol–water partition coefficient (Wildman–Crippen LogP) is 4.71. The Balaban J connectivity index is 2.00. The fourth-order valence-corrected chi connectivity index (χ4v) is 2.54. The van der Waals surface area contributed by atoms with E-state index in [9.17, 15) is 4.39 Å². The highest BCUT2D eigenvalue weighted by Gasteiger charge is 2.08. The Kier molecular flexibility index (Phi) is 6.24. The van der Waals surface area contributed by atoms with Gasteiger partial charge in [-0.2, -0.15) is 5.10 Å². The van der Waals surface area contributed by atoms with Crippen LogP contribution in [0.4, 0.5) is 4.39 Å². The number of amidine groups is 1. The van der Waals surface area contributed by atoms with Crippen LogP contribution in [0.3, 0.4) is 0 Å². The summed E-state index contributed by atoms with van der Waals surface area (Å²) in [5.74, 6) is 0.0430. The molecule has 2 aromatic carbocycles. The van der Waals surface area contributed by atoms with Gasteiger partial charge < -0.3 is 5.73 Å². The molecule has 0 bridgehead atoms. The van der Waals surface area contributed by atoms with Gasteiger partial charge in [-0.15, -0.1) is 5.10 Å². The first-order valence-electron chi connectivity index (χ1n) is 6.24. The molecule has 0 amide bonds. The van der Waals surface area contributed by atoms with E-state index in [4.69, 9.17) is 28.9 Å². The second-order valence-corrected chi connectivity index (χ2v) is 6.02. The standard InChI is InChI=1S/C15H12Cl2FN3S/c16-12-6-7-13(17)14(18)11(12)8-20-21-15(19)22-9-10-4-2-1-3-5-10/h1-8H,9H2,(H2,19,21). The van der Waals surface area contributed by atoms with Gasteiger partial charge in [-0.25, -0.2) is 4.39 Å². The lowest BCUT2D eigenvalue weighted by molar-refractivity contribution is 0.626. The highest BCUT2D eigenvalue weighted by atomic mass is 35.5. The van der Waals surface area contributed by atoms with Gasteiger partial charge in [0.2, 0.25) is 0 Å². The lowest BCUT2D eigenvalue weighted by atomic mass is 10.2. The van der Waals surface area contributed by atoms with Crippen LogP contribution in [-0.4, -0.2) is 11.4 Å². The molecule has 0 saturated carbocycles. The number of rotatable bonds is 4. The predicted molar refractivity (Wildman–Crippen MR) is 93.4 cm³/mol. The SMILES string of the molecule is NC(=NN=Cc1c(Cl)ccc(Cl)c1F)SCc1ccccc1. The third-order valence-corrected chi connectivity index (χ3v) is 4.13. The normalized spacial score (nSPS) is 12.0. The van der Waals surface area contributed by atoms with E-state index in [-0.39, 0.29) is 20.8 Å². The van der Waals surface area contributed by atoms with Crippen molar-refractivity contribution < 1.29 is 4.39 Å². The zero-order valence-electron chi connectivity index (χ0n) is 11.3. The molecule has 0 saturated heterocycles. The van der Waals surface area contributed by atoms with Gasteiger partial charge in [0.15, 0.2) is 11.0 Å². The Labute approximate surface area is 142 Å². The van der Waals surface area contributed by atoms with Gasteiger partial charge in [0.1, 0.15) is 0 Å². The molecule has 0 spiro atoms. The summed E-state index contributed by atoms with van der Waals surface area (Å²) in [6, 6.07) is 12.7. The molecule has 0 atom stereocenters. The monoisotopic (exact) mass is 355 g/mol. The van der Waals surface area contributed by atoms with Gasteiger partial charge in [-0.3, -0.25) is 0 Å². The fourth-order valence-electron chi connectivity index (χ4n) is 1.56. The zero-order chi connectivity index (χ0) is 15.9. The van der Waals surface area contributed by atoms with Crippen molar-refractivity contribution >= 4 is 46.3 Å². The van der Waals surface area contributed by atoms with Gasteiger partial charge >= 0.3 is 0 Å². The minimum atomic E-state index is -0.636. The number of nitrogens with two attached hydrogens (primary N) is 1. The van der Waals surface area contributed by atoms with Crippen molar-refractivity contribution in [1.29, 1.82) is 0 Å². The minimum Gasteiger partial charge on any atom is -0.377 e. The summed E-state index contributed by atoms with van der Waals surface area (Å²) in [5, 5.41) is 8.01. The summed E-state index contributed by atoms with van der Waals surface area (Å²) < 4.78 is 13.8. The summed E-state index contributed by atoms with van der Waals surface area (Å²) in [4.78, 5) is 0. The highest BCUT2D eigenvalue weighted by molar-refractivity contribution is 8.13. The Morgan fingerprint density at radius 1 is 1.14 bits per heavy atom. The molecule has 2 rings (SSSR count). The van der Waals surface area contributed by atoms with Crippen molar-refractivity contribution in [2.75, 3.05) is 0 Å². The number of nitrogens with zero attached hydrogens (tertiary/aromatic N) is 2. The topological polar surface area (TPSA) is 50.7 Å². The molecule has 0 aromatic heterocycles. The molecule has 0 aliphatic heterocycles. The molecule has 0 aliphatic rings. The molecule has 114 valence electrons. The smallest absolute Gasteiger partial charge is 0.180 e. The van der Waals surface area contributed by atoms with E-state index in [1.54, 1.807) is 0 Å². The summed E-state index contributed by atoms with van der Waals surface area (Å²) in [6.45, 7) is 0. The largest absolute Gasteiger partial charge is 0.377 e. The summed E-state index contributed by atoms with van der Waals surface area (Å²) in [7, 11) is 0. The Morgan fingerprint density at radius 2 is 1.82 bits per heavy atom. The fraction of sp³-hybridized carbons (Fsp3) is 0.0667. The van der Waals surface area contributed by atoms with Crippen molar-refractivity contribution in [1.82, 2.24) is 0 Å². The van der Waals surface area contributed by atoms with Gasteiger partial charge in [0, 0.05) is 5.75 Å². The van der Waals surface area contributed by atoms with E-state index >= 15 is 0 Å². The minimum absolute atomic E-state index is 0.0266. The van der Waals surface area contributed by atoms with Crippen molar-refractivity contribution in [3.63, 3.8) is 0 Å². The maximum Gasteiger partial charge on any atom is 0.180 e. The number of benzene rings is 2. The van der Waals surface area contributed by atoms with Crippen LogP contribution < -0.4 is 5.73 Å². The van der Waals surface area contributed by atoms with E-state index in [1.807, 2.05) is 30.3 Å². The van der Waals surface area contributed by atoms with Crippen molar-refractivity contribution in [2.24, 2.45) is 15.9 Å². The summed E-state index contributed by atoms with van der Waals surface area (Å²) >= 11 is 12.9. The van der Waals surface area contributed by atoms with Crippen LogP contribution >= 0.6 is 35.0 Å². The van der Waals surface area contributed by atoms with E-state index in [1.165, 1.54) is 30.1 Å². The molecular weight excluding hydrogens is 344 g/mol. The van der Waals surface area contributed by atoms with Crippen LogP contribution in [0, 0.1) is 5.82 Å². The van der Waals surface area contributed by atoms with Crippen molar-refractivity contribution in [2.45, 2.75) is 5.75 Å². The molecule has 2 N–H and O–H groups in total. The second-order valence-electron chi connectivity index (χ2n) is 4.21. The maximum atomic E-state index is 13.8. The van der Waals surface area contributed by atoms with Gasteiger partial charge in [-0.1, -0.05) is 65.3 Å². The van der Waals surface area contributed by atoms with Gasteiger partial charge in [-0.05, 0) is 17.7 Å². The number of halogens is 3. The Morgan fingerprint density at radius 3 is 2.55 bits per heavy atom. The third-order valence-electron chi connectivity index (χ3n) is 2.65. The van der Waals surface area contributed by atoms with Crippen molar-refractivity contribution in [3.8, 4) is 0 Å². The highest BCUT2D eigenvalue weighted by Crippen LogP contribution is 2.24. The van der Waals surface area contributed by atoms with Crippen LogP contribution in [0.2, 0.25) is 10.0 Å². The lowest BCUT2D eigenvalue weighted by Gasteiger charge is -2.01. The second kappa shape index (κ2) is 8.17. The summed E-state index contributed by atoms with van der Waals surface area (Å²) in [6.07, 6.45) is 1.19. The number of hydrogen-bond donors (Lipinski definition) is 1. The van der Waals surface area contributed by atoms with Crippen LogP contribution in [0.25, 0.3) is 0 Å². The third kappa shape index (κ3) is 4.73. The van der Waals surface area contributed by atoms with Crippen molar-refractivity contribution in [3.05, 3.63) is 69.5 Å². The average molecular weight is 356 g/mol. The summed E-state index contributed by atoms with van der Waals surface area (Å²) in [5.41, 5.74) is 6.94. The first-order chi connectivity index (χ1) is 10.6. The zero-order valence-corrected chi connectivity index (χ0v) is 13.7. The number of thioether (sulfide) groups is 1. The van der Waals surface area contributed by atoms with E-state index in [0.717, 1.165) is 5.56 Å². The van der Waals surface area contributed by atoms with E-state index < -0.39 is 5.82 Å². The van der Waals surface area contributed by atoms with Crippen LogP contribution in [0.1, 0.15) is 11.1 Å². The first-order valence-corrected chi connectivity index (χ1v) is 7.99. The molecular formula is C15H12Cl2FN3S. The first kappa shape index (κ1) is 16.8. The quantitative estimate of drug-likeness (QED) is 0.373. The molecule has 0 aliphatic carbocycles. The van der Waals surface area contributed by atoms with Crippen LogP contribution in [0.15, 0.2) is 52.7 Å². The molecule has 7 heteroatoms. The Bertz CT molecular complexity index is 705. The lowest BCUT2D eigenvalue weighted by Crippen LogP contribution is -2.06. The van der Waals surface area contributed by atoms with E-state index in [2.05, 4.69) is 10.2 Å². The number of hydrogen-bond acceptors (Lipinski definition) is 3. The molecule has 3 nitrogen and oxygen atoms in total. The molecule has 0 fully saturated rings. The molecule has 0 unspecified atom stereocenters. The molecule has 0 heterocycles. The van der Waals surface area contributed by atoms with Crippen LogP contribution in [0.5, 0.6) is 0 Å². The molecule has 22 heavy (non-hydrogen) atoms. The molecule has 0 radical (unpaired) electrons. The maximum absolute atomic E-state index is 13.8. The molecule has 2 aromatic rings. The van der Waals surface area contributed by atoms with Crippen LogP contribution in [-0.2, 0) is 5.75 Å². The van der Waals surface area contributed by atoms with Gasteiger partial charge in [0.05, 0.1) is 21.8 Å². The van der Waals surface area contributed by atoms with Gasteiger partial charge in [0.25, 0.3) is 0 Å². The average Bonchev–Trinajstić information content (AvgIpc) is 2.53.